The molecular weight excluding hydrogens is 328 g/mol. The molecule has 1 fully saturated rings. The van der Waals surface area contributed by atoms with E-state index >= 15 is 0 Å². The monoisotopic (exact) mass is 352 g/mol. The predicted octanol–water partition coefficient (Wildman–Crippen LogP) is 0.685. The van der Waals surface area contributed by atoms with Crippen LogP contribution >= 0.6 is 0 Å². The van der Waals surface area contributed by atoms with Crippen molar-refractivity contribution < 1.29 is 23.9 Å². The van der Waals surface area contributed by atoms with E-state index in [1.165, 1.54) is 6.21 Å². The lowest BCUT2D eigenvalue weighted by atomic mass is 10.1. The van der Waals surface area contributed by atoms with Crippen LogP contribution in [-0.4, -0.2) is 78.3 Å². The van der Waals surface area contributed by atoms with Gasteiger partial charge in [-0.25, -0.2) is 9.79 Å². The number of amides is 2. The van der Waals surface area contributed by atoms with Crippen LogP contribution in [0.25, 0.3) is 0 Å². The summed E-state index contributed by atoms with van der Waals surface area (Å²) in [5.41, 5.74) is -0.541. The number of guanidine groups is 1. The average molecular weight is 352 g/mol. The molecule has 0 spiro atoms. The van der Waals surface area contributed by atoms with E-state index in [9.17, 15) is 14.4 Å². The van der Waals surface area contributed by atoms with Gasteiger partial charge in [0.15, 0.2) is 5.92 Å². The zero-order valence-corrected chi connectivity index (χ0v) is 15.0. The maximum Gasteiger partial charge on any atom is 0.410 e. The van der Waals surface area contributed by atoms with Crippen LogP contribution in [0.5, 0.6) is 0 Å². The molecule has 0 aromatic carbocycles. The van der Waals surface area contributed by atoms with Gasteiger partial charge in [-0.15, -0.1) is 0 Å². The topological polar surface area (TPSA) is 101 Å². The molecule has 2 aliphatic rings. The van der Waals surface area contributed by atoms with Gasteiger partial charge < -0.3 is 19.3 Å². The normalized spacial score (nSPS) is 21.0. The summed E-state index contributed by atoms with van der Waals surface area (Å²) in [6.45, 7) is 9.16. The Kier molecular flexibility index (Phi) is 5.76. The number of rotatable bonds is 2. The molecule has 2 aliphatic heterocycles. The molecule has 0 aromatic heterocycles. The molecule has 0 saturated carbocycles. The minimum Gasteiger partial charge on any atom is -0.465 e. The van der Waals surface area contributed by atoms with Crippen molar-refractivity contribution in [2.45, 2.75) is 33.3 Å². The Morgan fingerprint density at radius 3 is 2.40 bits per heavy atom. The van der Waals surface area contributed by atoms with Gasteiger partial charge in [0, 0.05) is 32.4 Å². The Balaban J connectivity index is 1.90. The minimum atomic E-state index is -1.08. The van der Waals surface area contributed by atoms with E-state index in [1.807, 2.05) is 20.8 Å². The first-order valence-electron chi connectivity index (χ1n) is 8.27. The summed E-state index contributed by atoms with van der Waals surface area (Å²) in [4.78, 5) is 47.1. The molecule has 2 heterocycles. The zero-order valence-electron chi connectivity index (χ0n) is 15.0. The highest BCUT2D eigenvalue weighted by atomic mass is 16.6. The van der Waals surface area contributed by atoms with Gasteiger partial charge in [0.1, 0.15) is 5.60 Å². The van der Waals surface area contributed by atoms with Crippen molar-refractivity contribution in [3.63, 3.8) is 0 Å². The van der Waals surface area contributed by atoms with Crippen LogP contribution in [0.4, 0.5) is 4.79 Å². The van der Waals surface area contributed by atoms with Crippen LogP contribution in [0.3, 0.4) is 0 Å². The van der Waals surface area contributed by atoms with Crippen molar-refractivity contribution in [3.8, 4) is 0 Å². The molecule has 9 heteroatoms. The second-order valence-electron chi connectivity index (χ2n) is 6.71. The highest BCUT2D eigenvalue weighted by Gasteiger charge is 2.32. The molecule has 0 aromatic rings. The number of ether oxygens (including phenoxy) is 2. The van der Waals surface area contributed by atoms with E-state index in [1.54, 1.807) is 16.7 Å². The first-order chi connectivity index (χ1) is 11.7. The quantitative estimate of drug-likeness (QED) is 0.535. The fraction of sp³-hybridized carbons (Fsp3) is 0.688. The maximum absolute atomic E-state index is 12.0. The number of hydrogen-bond donors (Lipinski definition) is 0. The van der Waals surface area contributed by atoms with E-state index in [2.05, 4.69) is 9.98 Å². The highest BCUT2D eigenvalue weighted by molar-refractivity contribution is 6.18. The summed E-state index contributed by atoms with van der Waals surface area (Å²) in [7, 11) is 0. The average Bonchev–Trinajstić information content (AvgIpc) is 2.53. The van der Waals surface area contributed by atoms with Crippen molar-refractivity contribution in [2.75, 3.05) is 32.8 Å². The molecule has 2 rings (SSSR count). The number of piperazine rings is 1. The maximum atomic E-state index is 12.0. The SMILES string of the molecule is CCOC(=O)C1C=NC(N2CCN(C(=O)OC(C)(C)C)CC2)=NC1=O. The molecule has 25 heavy (non-hydrogen) atoms. The summed E-state index contributed by atoms with van der Waals surface area (Å²) in [6, 6.07) is 0. The van der Waals surface area contributed by atoms with Crippen LogP contribution in [-0.2, 0) is 19.1 Å². The predicted molar refractivity (Wildman–Crippen MR) is 90.4 cm³/mol. The molecule has 2 amide bonds. The van der Waals surface area contributed by atoms with E-state index < -0.39 is 23.4 Å². The molecule has 0 N–H and O–H groups in total. The van der Waals surface area contributed by atoms with E-state index in [0.717, 1.165) is 0 Å². The van der Waals surface area contributed by atoms with Crippen LogP contribution < -0.4 is 0 Å². The number of aliphatic imine (C=N–C) groups is 2. The standard InChI is InChI=1S/C16H24N4O5/c1-5-24-13(22)11-10-17-14(18-12(11)21)19-6-8-20(9-7-19)15(23)25-16(2,3)4/h10-11H,5-9H2,1-4H3. The van der Waals surface area contributed by atoms with E-state index in [4.69, 9.17) is 9.47 Å². The number of hydrogen-bond acceptors (Lipinski definition) is 7. The third kappa shape index (κ3) is 5.01. The van der Waals surface area contributed by atoms with Crippen LogP contribution in [0.1, 0.15) is 27.7 Å². The van der Waals surface area contributed by atoms with Gasteiger partial charge in [0.05, 0.1) is 6.61 Å². The first-order valence-corrected chi connectivity index (χ1v) is 8.27. The van der Waals surface area contributed by atoms with Gasteiger partial charge in [-0.05, 0) is 27.7 Å². The molecule has 9 nitrogen and oxygen atoms in total. The Bertz CT molecular complexity index is 600. The van der Waals surface area contributed by atoms with Crippen LogP contribution in [0.2, 0.25) is 0 Å². The van der Waals surface area contributed by atoms with E-state index in [-0.39, 0.29) is 18.7 Å². The Morgan fingerprint density at radius 2 is 1.88 bits per heavy atom. The number of nitrogens with zero attached hydrogens (tertiary/aromatic N) is 4. The Hall–Kier alpha value is -2.45. The summed E-state index contributed by atoms with van der Waals surface area (Å²) < 4.78 is 10.2. The molecular formula is C16H24N4O5. The van der Waals surface area contributed by atoms with Gasteiger partial charge in [0.25, 0.3) is 5.91 Å². The van der Waals surface area contributed by atoms with Gasteiger partial charge in [0.2, 0.25) is 5.96 Å². The molecule has 1 saturated heterocycles. The van der Waals surface area contributed by atoms with Crippen molar-refractivity contribution in [3.05, 3.63) is 0 Å². The first kappa shape index (κ1) is 18.9. The molecule has 0 aliphatic carbocycles. The van der Waals surface area contributed by atoms with Gasteiger partial charge in [-0.2, -0.15) is 4.99 Å². The molecule has 0 radical (unpaired) electrons. The lowest BCUT2D eigenvalue weighted by Crippen LogP contribution is -2.52. The molecule has 1 unspecified atom stereocenters. The van der Waals surface area contributed by atoms with Crippen molar-refractivity contribution in [2.24, 2.45) is 15.9 Å². The van der Waals surface area contributed by atoms with E-state index in [0.29, 0.717) is 26.2 Å². The van der Waals surface area contributed by atoms with Gasteiger partial charge in [-0.1, -0.05) is 0 Å². The fourth-order valence-electron chi connectivity index (χ4n) is 2.36. The third-order valence-electron chi connectivity index (χ3n) is 3.57. The van der Waals surface area contributed by atoms with Gasteiger partial charge in [-0.3, -0.25) is 9.59 Å². The minimum absolute atomic E-state index is 0.194. The second kappa shape index (κ2) is 7.62. The summed E-state index contributed by atoms with van der Waals surface area (Å²) in [5, 5.41) is 0. The fourth-order valence-corrected chi connectivity index (χ4v) is 2.36. The zero-order chi connectivity index (χ0) is 18.6. The highest BCUT2D eigenvalue weighted by Crippen LogP contribution is 2.14. The van der Waals surface area contributed by atoms with Crippen molar-refractivity contribution in [1.82, 2.24) is 9.80 Å². The summed E-state index contributed by atoms with van der Waals surface area (Å²) >= 11 is 0. The number of esters is 1. The third-order valence-corrected chi connectivity index (χ3v) is 3.57. The second-order valence-corrected chi connectivity index (χ2v) is 6.71. The lowest BCUT2D eigenvalue weighted by molar-refractivity contribution is -0.148. The smallest absolute Gasteiger partial charge is 0.410 e. The number of carbonyl (C=O) groups excluding carboxylic acids is 3. The Labute approximate surface area is 146 Å². The van der Waals surface area contributed by atoms with Crippen LogP contribution in [0, 0.1) is 5.92 Å². The van der Waals surface area contributed by atoms with Crippen molar-refractivity contribution in [1.29, 1.82) is 0 Å². The molecule has 1 atom stereocenters. The largest absolute Gasteiger partial charge is 0.465 e. The summed E-state index contributed by atoms with van der Waals surface area (Å²) in [5.74, 6) is -2.05. The Morgan fingerprint density at radius 1 is 1.24 bits per heavy atom. The van der Waals surface area contributed by atoms with Crippen LogP contribution in [0.15, 0.2) is 9.98 Å². The molecule has 138 valence electrons. The van der Waals surface area contributed by atoms with Gasteiger partial charge >= 0.3 is 12.1 Å². The van der Waals surface area contributed by atoms with Crippen molar-refractivity contribution >= 4 is 30.1 Å². The molecule has 0 bridgehead atoms. The lowest BCUT2D eigenvalue weighted by Gasteiger charge is -2.36. The number of carbonyl (C=O) groups is 3. The summed E-state index contributed by atoms with van der Waals surface area (Å²) in [6.07, 6.45) is 0.905.